The normalized spacial score (nSPS) is 19.7. The van der Waals surface area contributed by atoms with E-state index < -0.39 is 0 Å². The molecule has 1 fully saturated rings. The third-order valence-electron chi connectivity index (χ3n) is 4.14. The van der Waals surface area contributed by atoms with Gasteiger partial charge in [0.05, 0.1) is 11.6 Å². The van der Waals surface area contributed by atoms with Gasteiger partial charge in [-0.05, 0) is 39.3 Å². The summed E-state index contributed by atoms with van der Waals surface area (Å²) in [5.41, 5.74) is 0.910. The molecule has 0 bridgehead atoms. The fourth-order valence-corrected chi connectivity index (χ4v) is 3.07. The molecule has 1 unspecified atom stereocenters. The van der Waals surface area contributed by atoms with E-state index in [1.807, 2.05) is 25.0 Å². The molecular formula is C14H22N6. The van der Waals surface area contributed by atoms with Gasteiger partial charge in [-0.3, -0.25) is 4.68 Å². The summed E-state index contributed by atoms with van der Waals surface area (Å²) in [6.07, 6.45) is 8.49. The number of fused-ring (bicyclic) bond motifs is 1. The number of aromatic nitrogens is 4. The van der Waals surface area contributed by atoms with Gasteiger partial charge in [0.25, 0.3) is 0 Å². The summed E-state index contributed by atoms with van der Waals surface area (Å²) >= 11 is 0. The first-order valence-corrected chi connectivity index (χ1v) is 7.35. The molecule has 0 aromatic carbocycles. The van der Waals surface area contributed by atoms with Crippen LogP contribution in [0, 0.1) is 0 Å². The molecule has 108 valence electrons. The summed E-state index contributed by atoms with van der Waals surface area (Å²) in [5.74, 6) is 1.05. The molecule has 1 aliphatic heterocycles. The van der Waals surface area contributed by atoms with Crippen molar-refractivity contribution in [3.8, 4) is 0 Å². The highest BCUT2D eigenvalue weighted by Crippen LogP contribution is 2.29. The first kappa shape index (κ1) is 13.3. The molecular weight excluding hydrogens is 252 g/mol. The standard InChI is InChI=1S/C14H22N6/c1-15-7-6-11-5-3-4-8-20(11)14-12-9-18-19(2)13(12)16-10-17-14/h9-11,15H,3-8H2,1-2H3. The Hall–Kier alpha value is -1.69. The van der Waals surface area contributed by atoms with Crippen LogP contribution < -0.4 is 10.2 Å². The van der Waals surface area contributed by atoms with Gasteiger partial charge in [-0.15, -0.1) is 0 Å². The lowest BCUT2D eigenvalue weighted by Crippen LogP contribution is -2.41. The summed E-state index contributed by atoms with van der Waals surface area (Å²) in [5, 5.41) is 8.63. The number of aryl methyl sites for hydroxylation is 1. The lowest BCUT2D eigenvalue weighted by molar-refractivity contribution is 0.431. The topological polar surface area (TPSA) is 58.9 Å². The molecule has 0 saturated carbocycles. The van der Waals surface area contributed by atoms with Crippen molar-refractivity contribution in [1.29, 1.82) is 0 Å². The van der Waals surface area contributed by atoms with E-state index in [2.05, 4.69) is 25.3 Å². The van der Waals surface area contributed by atoms with E-state index in [9.17, 15) is 0 Å². The predicted molar refractivity (Wildman–Crippen MR) is 79.8 cm³/mol. The molecule has 0 amide bonds. The number of piperidine rings is 1. The monoisotopic (exact) mass is 274 g/mol. The highest BCUT2D eigenvalue weighted by Gasteiger charge is 2.25. The van der Waals surface area contributed by atoms with Crippen molar-refractivity contribution in [3.05, 3.63) is 12.5 Å². The van der Waals surface area contributed by atoms with Gasteiger partial charge in [0.15, 0.2) is 5.65 Å². The minimum atomic E-state index is 0.564. The van der Waals surface area contributed by atoms with Crippen LogP contribution in [0.3, 0.4) is 0 Å². The minimum absolute atomic E-state index is 0.564. The number of hydrogen-bond donors (Lipinski definition) is 1. The maximum Gasteiger partial charge on any atom is 0.163 e. The Morgan fingerprint density at radius 1 is 1.35 bits per heavy atom. The first-order chi connectivity index (χ1) is 9.81. The van der Waals surface area contributed by atoms with Gasteiger partial charge in [-0.25, -0.2) is 9.97 Å². The van der Waals surface area contributed by atoms with Crippen molar-refractivity contribution in [3.63, 3.8) is 0 Å². The van der Waals surface area contributed by atoms with Gasteiger partial charge in [0.2, 0.25) is 0 Å². The molecule has 3 rings (SSSR count). The van der Waals surface area contributed by atoms with Crippen molar-refractivity contribution in [2.45, 2.75) is 31.7 Å². The van der Waals surface area contributed by atoms with E-state index in [4.69, 9.17) is 0 Å². The second-order valence-electron chi connectivity index (χ2n) is 5.44. The number of anilines is 1. The fourth-order valence-electron chi connectivity index (χ4n) is 3.07. The molecule has 1 saturated heterocycles. The van der Waals surface area contributed by atoms with Crippen molar-refractivity contribution >= 4 is 16.9 Å². The highest BCUT2D eigenvalue weighted by atomic mass is 15.3. The molecule has 3 heterocycles. The maximum atomic E-state index is 4.54. The Balaban J connectivity index is 1.95. The van der Waals surface area contributed by atoms with Crippen LogP contribution in [0.4, 0.5) is 5.82 Å². The van der Waals surface area contributed by atoms with Gasteiger partial charge < -0.3 is 10.2 Å². The van der Waals surface area contributed by atoms with Gasteiger partial charge >= 0.3 is 0 Å². The van der Waals surface area contributed by atoms with Gasteiger partial charge in [0.1, 0.15) is 12.1 Å². The zero-order valence-electron chi connectivity index (χ0n) is 12.2. The second kappa shape index (κ2) is 5.75. The third kappa shape index (κ3) is 2.35. The van der Waals surface area contributed by atoms with Crippen molar-refractivity contribution in [2.24, 2.45) is 7.05 Å². The highest BCUT2D eigenvalue weighted by molar-refractivity contribution is 5.86. The van der Waals surface area contributed by atoms with Crippen LogP contribution in [0.5, 0.6) is 0 Å². The molecule has 2 aromatic rings. The lowest BCUT2D eigenvalue weighted by atomic mass is 9.99. The maximum absolute atomic E-state index is 4.54. The minimum Gasteiger partial charge on any atom is -0.353 e. The van der Waals surface area contributed by atoms with Crippen LogP contribution in [0.1, 0.15) is 25.7 Å². The molecule has 2 aromatic heterocycles. The molecule has 1 N–H and O–H groups in total. The molecule has 6 nitrogen and oxygen atoms in total. The van der Waals surface area contributed by atoms with E-state index in [0.717, 1.165) is 36.4 Å². The van der Waals surface area contributed by atoms with Gasteiger partial charge in [-0.2, -0.15) is 5.10 Å². The Bertz CT molecular complexity index is 578. The molecule has 20 heavy (non-hydrogen) atoms. The van der Waals surface area contributed by atoms with Gasteiger partial charge in [0, 0.05) is 19.6 Å². The largest absolute Gasteiger partial charge is 0.353 e. The zero-order valence-corrected chi connectivity index (χ0v) is 12.2. The molecule has 0 radical (unpaired) electrons. The smallest absolute Gasteiger partial charge is 0.163 e. The molecule has 6 heteroatoms. The van der Waals surface area contributed by atoms with Crippen LogP contribution in [0.15, 0.2) is 12.5 Å². The van der Waals surface area contributed by atoms with E-state index in [0.29, 0.717) is 6.04 Å². The SMILES string of the molecule is CNCCC1CCCCN1c1ncnc2c1cnn2C. The average Bonchev–Trinajstić information content (AvgIpc) is 2.87. The summed E-state index contributed by atoms with van der Waals surface area (Å²) in [6.45, 7) is 2.12. The third-order valence-corrected chi connectivity index (χ3v) is 4.14. The summed E-state index contributed by atoms with van der Waals surface area (Å²) < 4.78 is 1.81. The van der Waals surface area contributed by atoms with Crippen LogP contribution in [0.2, 0.25) is 0 Å². The van der Waals surface area contributed by atoms with Crippen LogP contribution in [0.25, 0.3) is 11.0 Å². The Labute approximate surface area is 119 Å². The number of rotatable bonds is 4. The lowest BCUT2D eigenvalue weighted by Gasteiger charge is -2.37. The Morgan fingerprint density at radius 2 is 2.25 bits per heavy atom. The van der Waals surface area contributed by atoms with Crippen molar-refractivity contribution in [1.82, 2.24) is 25.1 Å². The molecule has 1 aliphatic rings. The van der Waals surface area contributed by atoms with Crippen molar-refractivity contribution < 1.29 is 0 Å². The molecule has 1 atom stereocenters. The quantitative estimate of drug-likeness (QED) is 0.911. The molecule has 0 spiro atoms. The van der Waals surface area contributed by atoms with Gasteiger partial charge in [-0.1, -0.05) is 0 Å². The summed E-state index contributed by atoms with van der Waals surface area (Å²) in [4.78, 5) is 11.3. The fraction of sp³-hybridized carbons (Fsp3) is 0.643. The first-order valence-electron chi connectivity index (χ1n) is 7.35. The van der Waals surface area contributed by atoms with Crippen molar-refractivity contribution in [2.75, 3.05) is 25.0 Å². The number of nitrogens with one attached hydrogen (secondary N) is 1. The second-order valence-corrected chi connectivity index (χ2v) is 5.44. The van der Waals surface area contributed by atoms with E-state index in [1.165, 1.54) is 19.3 Å². The molecule has 0 aliphatic carbocycles. The Morgan fingerprint density at radius 3 is 3.10 bits per heavy atom. The summed E-state index contributed by atoms with van der Waals surface area (Å²) in [7, 11) is 3.94. The zero-order chi connectivity index (χ0) is 13.9. The van der Waals surface area contributed by atoms with E-state index in [1.54, 1.807) is 6.33 Å². The predicted octanol–water partition coefficient (Wildman–Crippen LogP) is 1.33. The number of nitrogens with zero attached hydrogens (tertiary/aromatic N) is 5. The van der Waals surface area contributed by atoms with E-state index in [-0.39, 0.29) is 0 Å². The summed E-state index contributed by atoms with van der Waals surface area (Å²) in [6, 6.07) is 0.564. The number of hydrogen-bond acceptors (Lipinski definition) is 5. The Kier molecular flexibility index (Phi) is 3.82. The van der Waals surface area contributed by atoms with Crippen LogP contribution >= 0.6 is 0 Å². The van der Waals surface area contributed by atoms with Crippen LogP contribution in [-0.4, -0.2) is 45.9 Å². The van der Waals surface area contributed by atoms with Crippen LogP contribution in [-0.2, 0) is 7.05 Å². The average molecular weight is 274 g/mol. The van der Waals surface area contributed by atoms with E-state index >= 15 is 0 Å².